The third kappa shape index (κ3) is 3.46. The van der Waals surface area contributed by atoms with E-state index >= 15 is 0 Å². The predicted octanol–water partition coefficient (Wildman–Crippen LogP) is 10.3. The summed E-state index contributed by atoms with van der Waals surface area (Å²) in [6.07, 6.45) is 1.84. The molecular weight excluding hydrogens is 472 g/mol. The number of para-hydroxylation sites is 2. The zero-order chi connectivity index (χ0) is 30.1. The second-order valence-electron chi connectivity index (χ2n) is 9.68. The fraction of sp³-hybridized carbons (Fsp3) is 0. The van der Waals surface area contributed by atoms with Crippen molar-refractivity contribution in [2.24, 2.45) is 0 Å². The van der Waals surface area contributed by atoms with Gasteiger partial charge in [0, 0.05) is 34.0 Å². The summed E-state index contributed by atoms with van der Waals surface area (Å²) >= 11 is 0. The molecule has 0 radical (unpaired) electrons. The van der Waals surface area contributed by atoms with Gasteiger partial charge in [-0.25, -0.2) is 0 Å². The topological polar surface area (TPSA) is 16.1 Å². The number of fused-ring (bicyclic) bond motifs is 2. The maximum Gasteiger partial charge on any atom is 0.0780 e. The molecule has 0 amide bonds. The quantitative estimate of drug-likeness (QED) is 0.176. The Kier molecular flexibility index (Phi) is 3.86. The molecule has 0 saturated heterocycles. The van der Waals surface area contributed by atoms with Crippen molar-refractivity contribution in [1.82, 2.24) is 4.98 Å². The molecule has 0 aliphatic rings. The van der Waals surface area contributed by atoms with Gasteiger partial charge >= 0.3 is 0 Å². The van der Waals surface area contributed by atoms with Gasteiger partial charge in [-0.15, -0.1) is 0 Å². The SMILES string of the molecule is [2H]c1c([2H])c([2H])c(N(c2ccccc2)c2ccc(-c3ccc4ccc5cc6cccnc6c6ccc3c4c56)cc2)c([2H])c1[2H]. The molecule has 2 heteroatoms. The minimum Gasteiger partial charge on any atom is -0.311 e. The molecule has 0 aliphatic carbocycles. The van der Waals surface area contributed by atoms with E-state index in [1.54, 1.807) is 4.90 Å². The zero-order valence-corrected chi connectivity index (χ0v) is 20.9. The van der Waals surface area contributed by atoms with Crippen LogP contribution < -0.4 is 4.90 Å². The average molecular weight is 502 g/mol. The Bertz CT molecular complexity index is 2360. The molecule has 0 N–H and O–H groups in total. The van der Waals surface area contributed by atoms with E-state index in [0.717, 1.165) is 32.8 Å². The minimum atomic E-state index is -0.412. The second-order valence-corrected chi connectivity index (χ2v) is 9.68. The summed E-state index contributed by atoms with van der Waals surface area (Å²) in [7, 11) is 0. The predicted molar refractivity (Wildman–Crippen MR) is 166 cm³/mol. The highest BCUT2D eigenvalue weighted by atomic mass is 15.1. The molecule has 0 unspecified atom stereocenters. The van der Waals surface area contributed by atoms with Crippen molar-refractivity contribution in [3.63, 3.8) is 0 Å². The maximum atomic E-state index is 8.67. The van der Waals surface area contributed by atoms with Crippen LogP contribution in [0.5, 0.6) is 0 Å². The van der Waals surface area contributed by atoms with E-state index in [1.807, 2.05) is 66.9 Å². The molecule has 1 heterocycles. The molecule has 1 aromatic heterocycles. The van der Waals surface area contributed by atoms with Crippen LogP contribution in [0.4, 0.5) is 17.1 Å². The van der Waals surface area contributed by atoms with Gasteiger partial charge in [0.05, 0.1) is 12.4 Å². The van der Waals surface area contributed by atoms with Crippen LogP contribution in [0.3, 0.4) is 0 Å². The number of hydrogen-bond acceptors (Lipinski definition) is 2. The Morgan fingerprint density at radius 1 is 0.538 bits per heavy atom. The van der Waals surface area contributed by atoms with E-state index < -0.39 is 6.04 Å². The summed E-state index contributed by atoms with van der Waals surface area (Å²) in [5.41, 5.74) is 4.60. The van der Waals surface area contributed by atoms with Gasteiger partial charge in [-0.1, -0.05) is 90.9 Å². The molecule has 0 atom stereocenters. The van der Waals surface area contributed by atoms with Gasteiger partial charge in [0.25, 0.3) is 0 Å². The Morgan fingerprint density at radius 2 is 1.26 bits per heavy atom. The normalized spacial score (nSPS) is 13.4. The molecule has 0 aliphatic heterocycles. The molecule has 8 rings (SSSR count). The van der Waals surface area contributed by atoms with E-state index in [4.69, 9.17) is 11.8 Å². The van der Waals surface area contributed by atoms with Crippen molar-refractivity contribution in [1.29, 1.82) is 0 Å². The van der Waals surface area contributed by atoms with Gasteiger partial charge in [-0.2, -0.15) is 0 Å². The third-order valence-electron chi connectivity index (χ3n) is 7.51. The van der Waals surface area contributed by atoms with Gasteiger partial charge in [0.15, 0.2) is 0 Å². The van der Waals surface area contributed by atoms with Crippen LogP contribution in [0.25, 0.3) is 54.3 Å². The molecular formula is C37H24N2. The van der Waals surface area contributed by atoms with E-state index in [2.05, 4.69) is 48.5 Å². The lowest BCUT2D eigenvalue weighted by atomic mass is 9.89. The number of nitrogens with zero attached hydrogens (tertiary/aromatic N) is 2. The van der Waals surface area contributed by atoms with Crippen LogP contribution in [0.2, 0.25) is 0 Å². The highest BCUT2D eigenvalue weighted by Gasteiger charge is 2.16. The lowest BCUT2D eigenvalue weighted by molar-refractivity contribution is 1.28. The Labute approximate surface area is 233 Å². The first-order valence-corrected chi connectivity index (χ1v) is 12.9. The number of pyridine rings is 1. The first-order chi connectivity index (χ1) is 21.4. The van der Waals surface area contributed by atoms with Crippen molar-refractivity contribution in [2.75, 3.05) is 4.90 Å². The Morgan fingerprint density at radius 3 is 2.10 bits per heavy atom. The monoisotopic (exact) mass is 501 g/mol. The molecule has 8 aromatic rings. The summed E-state index contributed by atoms with van der Waals surface area (Å²) in [6.45, 7) is 0. The summed E-state index contributed by atoms with van der Waals surface area (Å²) in [4.78, 5) is 6.43. The van der Waals surface area contributed by atoms with Crippen LogP contribution in [0, 0.1) is 0 Å². The first kappa shape index (κ1) is 17.3. The number of rotatable bonds is 4. The van der Waals surface area contributed by atoms with Gasteiger partial charge < -0.3 is 4.90 Å². The Balaban J connectivity index is 1.31. The van der Waals surface area contributed by atoms with Crippen LogP contribution in [-0.4, -0.2) is 4.98 Å². The number of hydrogen-bond donors (Lipinski definition) is 0. The molecule has 2 nitrogen and oxygen atoms in total. The van der Waals surface area contributed by atoms with E-state index in [-0.39, 0.29) is 29.9 Å². The number of anilines is 3. The van der Waals surface area contributed by atoms with Crippen molar-refractivity contribution >= 4 is 60.3 Å². The zero-order valence-electron chi connectivity index (χ0n) is 25.9. The molecule has 0 spiro atoms. The maximum absolute atomic E-state index is 8.67. The van der Waals surface area contributed by atoms with Crippen molar-refractivity contribution < 1.29 is 6.85 Å². The highest BCUT2D eigenvalue weighted by molar-refractivity contribution is 6.29. The lowest BCUT2D eigenvalue weighted by Crippen LogP contribution is -2.09. The fourth-order valence-corrected chi connectivity index (χ4v) is 5.80. The van der Waals surface area contributed by atoms with Gasteiger partial charge in [0.2, 0.25) is 0 Å². The van der Waals surface area contributed by atoms with Crippen LogP contribution in [0.15, 0.2) is 146 Å². The van der Waals surface area contributed by atoms with Gasteiger partial charge in [-0.05, 0) is 86.5 Å². The molecule has 0 bridgehead atoms. The van der Waals surface area contributed by atoms with Crippen molar-refractivity contribution in [3.8, 4) is 11.1 Å². The van der Waals surface area contributed by atoms with Crippen LogP contribution >= 0.6 is 0 Å². The molecule has 39 heavy (non-hydrogen) atoms. The van der Waals surface area contributed by atoms with E-state index in [1.165, 1.54) is 21.5 Å². The van der Waals surface area contributed by atoms with Crippen molar-refractivity contribution in [2.45, 2.75) is 0 Å². The second kappa shape index (κ2) is 8.68. The van der Waals surface area contributed by atoms with Crippen LogP contribution in [0.1, 0.15) is 6.85 Å². The summed E-state index contributed by atoms with van der Waals surface area (Å²) in [6, 6.07) is 35.0. The van der Waals surface area contributed by atoms with E-state index in [9.17, 15) is 0 Å². The first-order valence-electron chi connectivity index (χ1n) is 15.4. The minimum absolute atomic E-state index is 0.110. The van der Waals surface area contributed by atoms with Gasteiger partial charge in [0.1, 0.15) is 0 Å². The Hall–Kier alpha value is -5.21. The molecule has 7 aromatic carbocycles. The summed E-state index contributed by atoms with van der Waals surface area (Å²) < 4.78 is 42.0. The van der Waals surface area contributed by atoms with Crippen molar-refractivity contribution in [3.05, 3.63) is 146 Å². The largest absolute Gasteiger partial charge is 0.311 e. The third-order valence-corrected chi connectivity index (χ3v) is 7.51. The van der Waals surface area contributed by atoms with E-state index in [0.29, 0.717) is 11.4 Å². The fourth-order valence-electron chi connectivity index (χ4n) is 5.80. The average Bonchev–Trinajstić information content (AvgIpc) is 3.07. The molecule has 0 fully saturated rings. The number of aromatic nitrogens is 1. The molecule has 0 saturated carbocycles. The summed E-state index contributed by atoms with van der Waals surface area (Å²) in [5.74, 6) is 0. The standard InChI is InChI=1S/C37H24N2/c1-3-9-29(10-4-1)39(30-11-5-2-6-12-30)31-18-15-25(16-19-31)32-20-17-26-13-14-27-24-28-8-7-23-38-37(28)34-22-21-33(32)35(26)36(27)34/h1-24H/i1D,3D,4D,9D,10D. The summed E-state index contributed by atoms with van der Waals surface area (Å²) in [5, 5.41) is 8.18. The number of benzene rings is 7. The lowest BCUT2D eigenvalue weighted by Gasteiger charge is -2.25. The highest BCUT2D eigenvalue weighted by Crippen LogP contribution is 2.42. The van der Waals surface area contributed by atoms with Gasteiger partial charge in [-0.3, -0.25) is 4.98 Å². The smallest absolute Gasteiger partial charge is 0.0780 e. The molecule has 182 valence electrons. The van der Waals surface area contributed by atoms with Crippen LogP contribution in [-0.2, 0) is 0 Å².